The summed E-state index contributed by atoms with van der Waals surface area (Å²) in [6, 6.07) is 2.57. The maximum absolute atomic E-state index is 5.69. The number of rotatable bonds is 4. The highest BCUT2D eigenvalue weighted by Gasteiger charge is 2.21. The van der Waals surface area contributed by atoms with Crippen LogP contribution in [-0.2, 0) is 6.54 Å². The minimum absolute atomic E-state index is 0.448. The van der Waals surface area contributed by atoms with E-state index >= 15 is 0 Å². The van der Waals surface area contributed by atoms with Crippen molar-refractivity contribution >= 4 is 0 Å². The highest BCUT2D eigenvalue weighted by Crippen LogP contribution is 2.17. The molecule has 0 saturated carbocycles. The van der Waals surface area contributed by atoms with Crippen molar-refractivity contribution in [1.82, 2.24) is 14.7 Å². The SMILES string of the molecule is CC(C)n1ccc(CN2CCC(CN)C2)n1. The summed E-state index contributed by atoms with van der Waals surface area (Å²) in [5, 5.41) is 4.57. The van der Waals surface area contributed by atoms with Crippen LogP contribution in [0.4, 0.5) is 0 Å². The molecule has 1 aromatic rings. The number of hydrogen-bond acceptors (Lipinski definition) is 3. The topological polar surface area (TPSA) is 47.1 Å². The fourth-order valence-corrected chi connectivity index (χ4v) is 2.23. The Morgan fingerprint density at radius 2 is 2.38 bits per heavy atom. The van der Waals surface area contributed by atoms with E-state index < -0.39 is 0 Å². The predicted octanol–water partition coefficient (Wildman–Crippen LogP) is 1.24. The molecule has 2 rings (SSSR count). The standard InChI is InChI=1S/C12H22N4/c1-10(2)16-6-4-12(14-16)9-15-5-3-11(7-13)8-15/h4,6,10-11H,3,5,7-9,13H2,1-2H3. The normalized spacial score (nSPS) is 22.1. The minimum Gasteiger partial charge on any atom is -0.330 e. The Balaban J connectivity index is 1.89. The smallest absolute Gasteiger partial charge is 0.0764 e. The summed E-state index contributed by atoms with van der Waals surface area (Å²) in [6.45, 7) is 8.38. The van der Waals surface area contributed by atoms with Gasteiger partial charge in [0.2, 0.25) is 0 Å². The van der Waals surface area contributed by atoms with Gasteiger partial charge in [-0.3, -0.25) is 9.58 Å². The van der Waals surface area contributed by atoms with E-state index in [4.69, 9.17) is 5.73 Å². The third-order valence-corrected chi connectivity index (χ3v) is 3.28. The van der Waals surface area contributed by atoms with Gasteiger partial charge in [-0.15, -0.1) is 0 Å². The minimum atomic E-state index is 0.448. The average molecular weight is 222 g/mol. The van der Waals surface area contributed by atoms with E-state index in [1.807, 2.05) is 4.68 Å². The molecule has 2 N–H and O–H groups in total. The zero-order chi connectivity index (χ0) is 11.5. The van der Waals surface area contributed by atoms with Crippen molar-refractivity contribution in [3.05, 3.63) is 18.0 Å². The molecule has 2 heterocycles. The maximum Gasteiger partial charge on any atom is 0.0764 e. The molecule has 0 aromatic carbocycles. The van der Waals surface area contributed by atoms with Gasteiger partial charge in [-0.2, -0.15) is 5.10 Å². The van der Waals surface area contributed by atoms with Crippen LogP contribution in [0.25, 0.3) is 0 Å². The summed E-state index contributed by atoms with van der Waals surface area (Å²) in [7, 11) is 0. The molecular weight excluding hydrogens is 200 g/mol. The van der Waals surface area contributed by atoms with Crippen LogP contribution in [0.3, 0.4) is 0 Å². The summed E-state index contributed by atoms with van der Waals surface area (Å²) in [6.07, 6.45) is 3.30. The maximum atomic E-state index is 5.69. The molecule has 1 aliphatic heterocycles. The summed E-state index contributed by atoms with van der Waals surface area (Å²) >= 11 is 0. The van der Waals surface area contributed by atoms with Gasteiger partial charge in [0.05, 0.1) is 5.69 Å². The molecule has 1 atom stereocenters. The van der Waals surface area contributed by atoms with E-state index in [1.165, 1.54) is 12.1 Å². The van der Waals surface area contributed by atoms with Crippen molar-refractivity contribution in [3.63, 3.8) is 0 Å². The molecule has 1 fully saturated rings. The zero-order valence-corrected chi connectivity index (χ0v) is 10.3. The molecule has 1 aliphatic rings. The Hall–Kier alpha value is -0.870. The summed E-state index contributed by atoms with van der Waals surface area (Å²) in [5.74, 6) is 0.687. The highest BCUT2D eigenvalue weighted by atomic mass is 15.3. The molecule has 4 heteroatoms. The first kappa shape index (κ1) is 11.6. The Bertz CT molecular complexity index is 332. The largest absolute Gasteiger partial charge is 0.330 e. The van der Waals surface area contributed by atoms with Crippen LogP contribution >= 0.6 is 0 Å². The van der Waals surface area contributed by atoms with Gasteiger partial charge in [-0.25, -0.2) is 0 Å². The lowest BCUT2D eigenvalue weighted by Gasteiger charge is -2.13. The van der Waals surface area contributed by atoms with E-state index in [2.05, 4.69) is 36.1 Å². The second-order valence-corrected chi connectivity index (χ2v) is 5.01. The first-order valence-electron chi connectivity index (χ1n) is 6.15. The van der Waals surface area contributed by atoms with E-state index in [9.17, 15) is 0 Å². The summed E-state index contributed by atoms with van der Waals surface area (Å²) < 4.78 is 2.02. The quantitative estimate of drug-likeness (QED) is 0.834. The Kier molecular flexibility index (Phi) is 3.61. The molecule has 0 spiro atoms. The van der Waals surface area contributed by atoms with Crippen LogP contribution in [-0.4, -0.2) is 34.3 Å². The second-order valence-electron chi connectivity index (χ2n) is 5.01. The zero-order valence-electron chi connectivity index (χ0n) is 10.3. The van der Waals surface area contributed by atoms with Crippen molar-refractivity contribution in [3.8, 4) is 0 Å². The van der Waals surface area contributed by atoms with Gasteiger partial charge < -0.3 is 5.73 Å². The predicted molar refractivity (Wildman–Crippen MR) is 65.1 cm³/mol. The van der Waals surface area contributed by atoms with Crippen molar-refractivity contribution in [2.75, 3.05) is 19.6 Å². The molecule has 0 bridgehead atoms. The van der Waals surface area contributed by atoms with Crippen LogP contribution in [0.15, 0.2) is 12.3 Å². The van der Waals surface area contributed by atoms with E-state index in [0.29, 0.717) is 12.0 Å². The fraction of sp³-hybridized carbons (Fsp3) is 0.750. The van der Waals surface area contributed by atoms with Crippen LogP contribution in [0.1, 0.15) is 32.0 Å². The van der Waals surface area contributed by atoms with Gasteiger partial charge in [0, 0.05) is 25.3 Å². The highest BCUT2D eigenvalue weighted by molar-refractivity contribution is 5.00. The van der Waals surface area contributed by atoms with Crippen LogP contribution in [0.2, 0.25) is 0 Å². The molecule has 0 radical (unpaired) electrons. The number of nitrogens with two attached hydrogens (primary N) is 1. The number of likely N-dealkylation sites (tertiary alicyclic amines) is 1. The molecule has 1 saturated heterocycles. The summed E-state index contributed by atoms with van der Waals surface area (Å²) in [4.78, 5) is 2.45. The van der Waals surface area contributed by atoms with Gasteiger partial charge in [-0.05, 0) is 45.3 Å². The van der Waals surface area contributed by atoms with Gasteiger partial charge in [0.15, 0.2) is 0 Å². The van der Waals surface area contributed by atoms with Gasteiger partial charge in [0.25, 0.3) is 0 Å². The Morgan fingerprint density at radius 3 is 2.94 bits per heavy atom. The third kappa shape index (κ3) is 2.62. The monoisotopic (exact) mass is 222 g/mol. The first-order chi connectivity index (χ1) is 7.69. The average Bonchev–Trinajstić information content (AvgIpc) is 2.87. The summed E-state index contributed by atoms with van der Waals surface area (Å²) in [5.41, 5.74) is 6.86. The van der Waals surface area contributed by atoms with Gasteiger partial charge in [-0.1, -0.05) is 0 Å². The Labute approximate surface area is 97.4 Å². The van der Waals surface area contributed by atoms with Crippen molar-refractivity contribution in [2.45, 2.75) is 32.9 Å². The molecular formula is C12H22N4. The van der Waals surface area contributed by atoms with Crippen molar-refractivity contribution in [2.24, 2.45) is 11.7 Å². The van der Waals surface area contributed by atoms with E-state index in [1.54, 1.807) is 0 Å². The van der Waals surface area contributed by atoms with Crippen LogP contribution in [0, 0.1) is 5.92 Å². The lowest BCUT2D eigenvalue weighted by atomic mass is 10.1. The molecule has 1 aromatic heterocycles. The van der Waals surface area contributed by atoms with E-state index in [-0.39, 0.29) is 0 Å². The Morgan fingerprint density at radius 1 is 1.56 bits per heavy atom. The van der Waals surface area contributed by atoms with Gasteiger partial charge in [0.1, 0.15) is 0 Å². The fourth-order valence-electron chi connectivity index (χ4n) is 2.23. The molecule has 4 nitrogen and oxygen atoms in total. The molecule has 90 valence electrons. The molecule has 0 aliphatic carbocycles. The van der Waals surface area contributed by atoms with Crippen LogP contribution in [0.5, 0.6) is 0 Å². The molecule has 16 heavy (non-hydrogen) atoms. The third-order valence-electron chi connectivity index (χ3n) is 3.28. The first-order valence-corrected chi connectivity index (χ1v) is 6.15. The lowest BCUT2D eigenvalue weighted by molar-refractivity contribution is 0.312. The van der Waals surface area contributed by atoms with Crippen molar-refractivity contribution < 1.29 is 0 Å². The molecule has 0 amide bonds. The van der Waals surface area contributed by atoms with Crippen molar-refractivity contribution in [1.29, 1.82) is 0 Å². The van der Waals surface area contributed by atoms with E-state index in [0.717, 1.165) is 26.2 Å². The second kappa shape index (κ2) is 4.97. The van der Waals surface area contributed by atoms with Crippen LogP contribution < -0.4 is 5.73 Å². The number of hydrogen-bond donors (Lipinski definition) is 1. The van der Waals surface area contributed by atoms with Gasteiger partial charge >= 0.3 is 0 Å². The molecule has 1 unspecified atom stereocenters. The number of aromatic nitrogens is 2. The lowest BCUT2D eigenvalue weighted by Crippen LogP contribution is -2.23. The number of nitrogens with zero attached hydrogens (tertiary/aromatic N) is 3.